The molecule has 0 N–H and O–H groups in total. The molecule has 1 aliphatic heterocycles. The van der Waals surface area contributed by atoms with E-state index >= 15 is 0 Å². The lowest BCUT2D eigenvalue weighted by Crippen LogP contribution is -2.27. The molecule has 5 rings (SSSR count). The molecule has 1 aliphatic rings. The summed E-state index contributed by atoms with van der Waals surface area (Å²) in [5.41, 5.74) is 2.65. The van der Waals surface area contributed by atoms with Crippen LogP contribution in [0, 0.1) is 5.82 Å². The van der Waals surface area contributed by atoms with Crippen LogP contribution in [0.4, 0.5) is 9.18 Å². The van der Waals surface area contributed by atoms with Gasteiger partial charge in [-0.15, -0.1) is 0 Å². The molecular weight excluding hydrogens is 574 g/mol. The lowest BCUT2D eigenvalue weighted by atomic mass is 10.1. The van der Waals surface area contributed by atoms with Gasteiger partial charge >= 0.3 is 0 Å². The van der Waals surface area contributed by atoms with Gasteiger partial charge in [-0.3, -0.25) is 14.5 Å². The summed E-state index contributed by atoms with van der Waals surface area (Å²) in [7, 11) is 0. The summed E-state index contributed by atoms with van der Waals surface area (Å²) in [5.74, 6) is -0.772. The van der Waals surface area contributed by atoms with Crippen molar-refractivity contribution in [1.82, 2.24) is 9.47 Å². The van der Waals surface area contributed by atoms with Crippen LogP contribution in [0.25, 0.3) is 17.0 Å². The standard InChI is InChI=1S/C26H16BrCl2FN2O2S/c27-17-8-9-23-18(11-17)16(12-31(23)14-19-21(29)6-3-7-22(19)30)10-24-25(33)32(26(34)35-24)13-15-4-1-2-5-20(15)28/h1-12H,13-14H2/b24-10-. The maximum absolute atomic E-state index is 14.5. The van der Waals surface area contributed by atoms with Gasteiger partial charge in [0.25, 0.3) is 11.1 Å². The Morgan fingerprint density at radius 1 is 0.971 bits per heavy atom. The second-order valence-corrected chi connectivity index (χ2v) is 10.7. The summed E-state index contributed by atoms with van der Waals surface area (Å²) in [4.78, 5) is 27.3. The van der Waals surface area contributed by atoms with Crippen molar-refractivity contribution in [2.75, 3.05) is 0 Å². The van der Waals surface area contributed by atoms with Gasteiger partial charge in [-0.1, -0.05) is 63.4 Å². The molecule has 1 fully saturated rings. The predicted molar refractivity (Wildman–Crippen MR) is 143 cm³/mol. The molecule has 1 saturated heterocycles. The number of aromatic nitrogens is 1. The molecule has 2 heterocycles. The van der Waals surface area contributed by atoms with Crippen molar-refractivity contribution in [3.05, 3.63) is 109 Å². The van der Waals surface area contributed by atoms with Crippen molar-refractivity contribution in [2.45, 2.75) is 13.1 Å². The lowest BCUT2D eigenvalue weighted by molar-refractivity contribution is -0.123. The molecular formula is C26H16BrCl2FN2O2S. The molecule has 1 aromatic heterocycles. The van der Waals surface area contributed by atoms with Crippen molar-refractivity contribution in [3.8, 4) is 0 Å². The van der Waals surface area contributed by atoms with Crippen LogP contribution in [0.15, 0.2) is 76.2 Å². The molecule has 176 valence electrons. The number of rotatable bonds is 5. The molecule has 0 atom stereocenters. The van der Waals surface area contributed by atoms with Crippen LogP contribution < -0.4 is 0 Å². The van der Waals surface area contributed by atoms with Gasteiger partial charge in [0.1, 0.15) is 5.82 Å². The summed E-state index contributed by atoms with van der Waals surface area (Å²) < 4.78 is 17.2. The van der Waals surface area contributed by atoms with Crippen LogP contribution in [-0.2, 0) is 17.9 Å². The second-order valence-electron chi connectivity index (χ2n) is 7.93. The first-order valence-corrected chi connectivity index (χ1v) is 12.9. The highest BCUT2D eigenvalue weighted by Gasteiger charge is 2.35. The average Bonchev–Trinajstić information content (AvgIpc) is 3.29. The molecule has 35 heavy (non-hydrogen) atoms. The Labute approximate surface area is 223 Å². The Balaban J connectivity index is 1.52. The number of fused-ring (bicyclic) bond motifs is 1. The minimum atomic E-state index is -0.390. The highest BCUT2D eigenvalue weighted by molar-refractivity contribution is 9.10. The zero-order chi connectivity index (χ0) is 24.7. The molecule has 0 unspecified atom stereocenters. The van der Waals surface area contributed by atoms with Crippen LogP contribution in [-0.4, -0.2) is 20.6 Å². The Kier molecular flexibility index (Phi) is 6.77. The van der Waals surface area contributed by atoms with E-state index in [1.165, 1.54) is 11.0 Å². The topological polar surface area (TPSA) is 42.3 Å². The molecule has 4 aromatic rings. The van der Waals surface area contributed by atoms with Crippen LogP contribution >= 0.6 is 50.9 Å². The van der Waals surface area contributed by atoms with Crippen molar-refractivity contribution < 1.29 is 14.0 Å². The molecule has 0 bridgehead atoms. The molecule has 3 aromatic carbocycles. The Morgan fingerprint density at radius 2 is 1.74 bits per heavy atom. The Morgan fingerprint density at radius 3 is 2.51 bits per heavy atom. The summed E-state index contributed by atoms with van der Waals surface area (Å²) in [6.45, 7) is 0.312. The van der Waals surface area contributed by atoms with E-state index in [0.29, 0.717) is 26.1 Å². The first-order valence-electron chi connectivity index (χ1n) is 10.5. The number of nitrogens with zero attached hydrogens (tertiary/aromatic N) is 2. The minimum absolute atomic E-state index is 0.0980. The SMILES string of the molecule is O=C1S/C(=C\c2cn(Cc3c(F)cccc3Cl)c3ccc(Br)cc23)C(=O)N1Cc1ccccc1Cl. The molecule has 9 heteroatoms. The number of carbonyl (C=O) groups excluding carboxylic acids is 2. The fourth-order valence-electron chi connectivity index (χ4n) is 3.97. The van der Waals surface area contributed by atoms with Gasteiger partial charge in [0.05, 0.1) is 18.0 Å². The Hall–Kier alpha value is -2.58. The summed E-state index contributed by atoms with van der Waals surface area (Å²) in [6.07, 6.45) is 3.54. The number of hydrogen-bond donors (Lipinski definition) is 0. The van der Waals surface area contributed by atoms with Gasteiger partial charge in [-0.25, -0.2) is 4.39 Å². The molecule has 2 amide bonds. The van der Waals surface area contributed by atoms with Gasteiger partial charge in [-0.05, 0) is 59.8 Å². The summed E-state index contributed by atoms with van der Waals surface area (Å²) >= 11 is 16.9. The molecule has 0 aliphatic carbocycles. The molecule has 0 saturated carbocycles. The fraction of sp³-hybridized carbons (Fsp3) is 0.0769. The van der Waals surface area contributed by atoms with Crippen LogP contribution in [0.1, 0.15) is 16.7 Å². The maximum atomic E-state index is 14.5. The maximum Gasteiger partial charge on any atom is 0.293 e. The third-order valence-corrected chi connectivity index (χ3v) is 7.83. The lowest BCUT2D eigenvalue weighted by Gasteiger charge is -2.13. The summed E-state index contributed by atoms with van der Waals surface area (Å²) in [5, 5.41) is 1.33. The van der Waals surface area contributed by atoms with Gasteiger partial charge in [-0.2, -0.15) is 0 Å². The van der Waals surface area contributed by atoms with E-state index < -0.39 is 5.82 Å². The fourth-order valence-corrected chi connectivity index (χ4v) is 5.58. The number of halogens is 4. The molecule has 0 radical (unpaired) electrons. The number of amides is 2. The number of carbonyl (C=O) groups is 2. The van der Waals surface area contributed by atoms with E-state index in [2.05, 4.69) is 15.9 Å². The second kappa shape index (κ2) is 9.82. The quantitative estimate of drug-likeness (QED) is 0.221. The van der Waals surface area contributed by atoms with E-state index in [4.69, 9.17) is 23.2 Å². The number of imide groups is 1. The van der Waals surface area contributed by atoms with E-state index in [-0.39, 0.29) is 24.2 Å². The van der Waals surface area contributed by atoms with Gasteiger partial charge in [0.2, 0.25) is 0 Å². The highest BCUT2D eigenvalue weighted by atomic mass is 79.9. The first kappa shape index (κ1) is 24.1. The van der Waals surface area contributed by atoms with Gasteiger partial charge in [0.15, 0.2) is 0 Å². The van der Waals surface area contributed by atoms with Crippen LogP contribution in [0.5, 0.6) is 0 Å². The van der Waals surface area contributed by atoms with Crippen molar-refractivity contribution in [2.24, 2.45) is 0 Å². The third kappa shape index (κ3) is 4.78. The van der Waals surface area contributed by atoms with Crippen LogP contribution in [0.3, 0.4) is 0 Å². The average molecular weight is 590 g/mol. The minimum Gasteiger partial charge on any atom is -0.342 e. The highest BCUT2D eigenvalue weighted by Crippen LogP contribution is 2.36. The smallest absolute Gasteiger partial charge is 0.293 e. The van der Waals surface area contributed by atoms with E-state index in [1.807, 2.05) is 35.0 Å². The number of thioether (sulfide) groups is 1. The predicted octanol–water partition coefficient (Wildman–Crippen LogP) is 8.13. The molecule has 4 nitrogen and oxygen atoms in total. The monoisotopic (exact) mass is 588 g/mol. The first-order chi connectivity index (χ1) is 16.8. The molecule has 0 spiro atoms. The van der Waals surface area contributed by atoms with E-state index in [9.17, 15) is 14.0 Å². The van der Waals surface area contributed by atoms with Crippen molar-refractivity contribution in [3.63, 3.8) is 0 Å². The third-order valence-electron chi connectivity index (χ3n) is 5.71. The zero-order valence-electron chi connectivity index (χ0n) is 18.0. The normalized spacial score (nSPS) is 15.1. The van der Waals surface area contributed by atoms with Crippen LogP contribution in [0.2, 0.25) is 10.0 Å². The summed E-state index contributed by atoms with van der Waals surface area (Å²) in [6, 6.07) is 17.4. The number of benzene rings is 3. The van der Waals surface area contributed by atoms with Gasteiger partial charge < -0.3 is 4.57 Å². The largest absolute Gasteiger partial charge is 0.342 e. The number of hydrogen-bond acceptors (Lipinski definition) is 3. The van der Waals surface area contributed by atoms with Gasteiger partial charge in [0, 0.05) is 42.7 Å². The Bertz CT molecular complexity index is 1520. The van der Waals surface area contributed by atoms with E-state index in [0.717, 1.165) is 32.7 Å². The van der Waals surface area contributed by atoms with Crippen molar-refractivity contribution in [1.29, 1.82) is 0 Å². The van der Waals surface area contributed by atoms with E-state index in [1.54, 1.807) is 36.4 Å². The zero-order valence-corrected chi connectivity index (χ0v) is 21.9. The van der Waals surface area contributed by atoms with Crippen molar-refractivity contribution >= 4 is 79.0 Å².